The number of carbonyl (C=O) groups is 1. The van der Waals surface area contributed by atoms with Crippen LogP contribution in [-0.4, -0.2) is 12.1 Å². The van der Waals surface area contributed by atoms with Gasteiger partial charge in [0.2, 0.25) is 0 Å². The van der Waals surface area contributed by atoms with Gasteiger partial charge in [0, 0.05) is 0 Å². The summed E-state index contributed by atoms with van der Waals surface area (Å²) in [4.78, 5) is 12.1. The minimum atomic E-state index is -0.149. The molecule has 17 heavy (non-hydrogen) atoms. The highest BCUT2D eigenvalue weighted by Gasteiger charge is 2.27. The van der Waals surface area contributed by atoms with Crippen LogP contribution < -0.4 is 0 Å². The molecule has 1 aromatic rings. The smallest absolute Gasteiger partial charge is 0.313 e. The number of benzene rings is 1. The van der Waals surface area contributed by atoms with Crippen LogP contribution in [0.5, 0.6) is 0 Å². The molecule has 0 aliphatic carbocycles. The van der Waals surface area contributed by atoms with Crippen molar-refractivity contribution in [3.05, 3.63) is 35.9 Å². The van der Waals surface area contributed by atoms with E-state index in [0.29, 0.717) is 5.92 Å². The third-order valence-electron chi connectivity index (χ3n) is 2.98. The monoisotopic (exact) mass is 234 g/mol. The maximum atomic E-state index is 12.1. The molecule has 0 saturated heterocycles. The molecule has 0 radical (unpaired) electrons. The lowest BCUT2D eigenvalue weighted by Gasteiger charge is -2.23. The highest BCUT2D eigenvalue weighted by Crippen LogP contribution is 2.28. The number of esters is 1. The molecule has 1 rings (SSSR count). The topological polar surface area (TPSA) is 26.3 Å². The predicted octanol–water partition coefficient (Wildman–Crippen LogP) is 3.77. The molecule has 0 aliphatic heterocycles. The normalized spacial score (nSPS) is 14.4. The number of rotatable bonds is 5. The average molecular weight is 234 g/mol. The standard InChI is InChI=1S/C15H22O2/c1-5-12(4)14(15(16)17-11(2)3)13-9-7-6-8-10-13/h6-12,14H,5H2,1-4H3. The summed E-state index contributed by atoms with van der Waals surface area (Å²) in [5, 5.41) is 0. The molecule has 2 nitrogen and oxygen atoms in total. The number of hydrogen-bond donors (Lipinski definition) is 0. The Balaban J connectivity index is 2.92. The number of ether oxygens (including phenoxy) is 1. The summed E-state index contributed by atoms with van der Waals surface area (Å²) in [7, 11) is 0. The zero-order valence-corrected chi connectivity index (χ0v) is 11.1. The lowest BCUT2D eigenvalue weighted by atomic mass is 9.85. The largest absolute Gasteiger partial charge is 0.462 e. The molecule has 2 unspecified atom stereocenters. The molecule has 0 aliphatic rings. The van der Waals surface area contributed by atoms with Gasteiger partial charge in [-0.05, 0) is 25.3 Å². The molecule has 2 heteroatoms. The molecule has 0 bridgehead atoms. The quantitative estimate of drug-likeness (QED) is 0.725. The first kappa shape index (κ1) is 13.8. The molecule has 0 aromatic heterocycles. The van der Waals surface area contributed by atoms with E-state index in [2.05, 4.69) is 13.8 Å². The summed E-state index contributed by atoms with van der Waals surface area (Å²) in [5.41, 5.74) is 1.05. The van der Waals surface area contributed by atoms with Gasteiger partial charge in [0.05, 0.1) is 12.0 Å². The first-order valence-corrected chi connectivity index (χ1v) is 6.31. The van der Waals surface area contributed by atoms with Gasteiger partial charge >= 0.3 is 5.97 Å². The van der Waals surface area contributed by atoms with Crippen LogP contribution in [0.2, 0.25) is 0 Å². The van der Waals surface area contributed by atoms with Gasteiger partial charge in [-0.15, -0.1) is 0 Å². The zero-order chi connectivity index (χ0) is 12.8. The van der Waals surface area contributed by atoms with Crippen molar-refractivity contribution in [2.24, 2.45) is 5.92 Å². The van der Waals surface area contributed by atoms with Gasteiger partial charge in [-0.3, -0.25) is 4.79 Å². The van der Waals surface area contributed by atoms with Crippen LogP contribution in [0.1, 0.15) is 45.6 Å². The molecular weight excluding hydrogens is 212 g/mol. The van der Waals surface area contributed by atoms with Crippen molar-refractivity contribution in [1.29, 1.82) is 0 Å². The van der Waals surface area contributed by atoms with Crippen LogP contribution in [0.25, 0.3) is 0 Å². The fourth-order valence-corrected chi connectivity index (χ4v) is 1.90. The van der Waals surface area contributed by atoms with Gasteiger partial charge in [-0.25, -0.2) is 0 Å². The van der Waals surface area contributed by atoms with Gasteiger partial charge in [0.15, 0.2) is 0 Å². The van der Waals surface area contributed by atoms with E-state index in [1.54, 1.807) is 0 Å². The Hall–Kier alpha value is -1.31. The lowest BCUT2D eigenvalue weighted by Crippen LogP contribution is -2.24. The van der Waals surface area contributed by atoms with Crippen molar-refractivity contribution >= 4 is 5.97 Å². The molecule has 0 heterocycles. The van der Waals surface area contributed by atoms with Crippen LogP contribution in [-0.2, 0) is 9.53 Å². The first-order valence-electron chi connectivity index (χ1n) is 6.31. The van der Waals surface area contributed by atoms with Crippen molar-refractivity contribution < 1.29 is 9.53 Å². The fourth-order valence-electron chi connectivity index (χ4n) is 1.90. The van der Waals surface area contributed by atoms with Crippen molar-refractivity contribution in [1.82, 2.24) is 0 Å². The maximum Gasteiger partial charge on any atom is 0.313 e. The SMILES string of the molecule is CCC(C)C(C(=O)OC(C)C)c1ccccc1. The molecule has 0 saturated carbocycles. The van der Waals surface area contributed by atoms with E-state index in [0.717, 1.165) is 12.0 Å². The van der Waals surface area contributed by atoms with Gasteiger partial charge in [0.1, 0.15) is 0 Å². The predicted molar refractivity (Wildman–Crippen MR) is 69.9 cm³/mol. The van der Waals surface area contributed by atoms with Crippen molar-refractivity contribution in [2.75, 3.05) is 0 Å². The van der Waals surface area contributed by atoms with E-state index >= 15 is 0 Å². The Labute approximate surface area is 104 Å². The molecule has 0 spiro atoms. The molecule has 0 fully saturated rings. The van der Waals surface area contributed by atoms with E-state index in [1.807, 2.05) is 44.2 Å². The summed E-state index contributed by atoms with van der Waals surface area (Å²) in [5.74, 6) is 0.0350. The molecule has 1 aromatic carbocycles. The van der Waals surface area contributed by atoms with Gasteiger partial charge in [0.25, 0.3) is 0 Å². The van der Waals surface area contributed by atoms with Crippen LogP contribution in [0.15, 0.2) is 30.3 Å². The van der Waals surface area contributed by atoms with E-state index in [1.165, 1.54) is 0 Å². The van der Waals surface area contributed by atoms with Crippen molar-refractivity contribution in [2.45, 2.75) is 46.1 Å². The van der Waals surface area contributed by atoms with Gasteiger partial charge in [-0.1, -0.05) is 50.6 Å². The summed E-state index contributed by atoms with van der Waals surface area (Å²) in [6.45, 7) is 7.97. The fraction of sp³-hybridized carbons (Fsp3) is 0.533. The number of carbonyl (C=O) groups excluding carboxylic acids is 1. The second kappa shape index (κ2) is 6.43. The Morgan fingerprint density at radius 1 is 1.18 bits per heavy atom. The highest BCUT2D eigenvalue weighted by molar-refractivity contribution is 5.78. The maximum absolute atomic E-state index is 12.1. The average Bonchev–Trinajstić information content (AvgIpc) is 2.29. The summed E-state index contributed by atoms with van der Waals surface area (Å²) in [6.07, 6.45) is 0.907. The zero-order valence-electron chi connectivity index (χ0n) is 11.1. The first-order chi connectivity index (χ1) is 8.06. The Kier molecular flexibility index (Phi) is 5.20. The van der Waals surface area contributed by atoms with E-state index in [9.17, 15) is 4.79 Å². The Morgan fingerprint density at radius 2 is 1.76 bits per heavy atom. The molecular formula is C15H22O2. The molecule has 94 valence electrons. The van der Waals surface area contributed by atoms with Crippen LogP contribution in [0, 0.1) is 5.92 Å². The second-order valence-corrected chi connectivity index (χ2v) is 4.76. The summed E-state index contributed by atoms with van der Waals surface area (Å²) < 4.78 is 5.35. The number of hydrogen-bond acceptors (Lipinski definition) is 2. The van der Waals surface area contributed by atoms with Gasteiger partial charge in [-0.2, -0.15) is 0 Å². The summed E-state index contributed by atoms with van der Waals surface area (Å²) >= 11 is 0. The molecule has 0 N–H and O–H groups in total. The van der Waals surface area contributed by atoms with Gasteiger partial charge < -0.3 is 4.74 Å². The minimum Gasteiger partial charge on any atom is -0.462 e. The van der Waals surface area contributed by atoms with Crippen LogP contribution >= 0.6 is 0 Å². The second-order valence-electron chi connectivity index (χ2n) is 4.76. The highest BCUT2D eigenvalue weighted by atomic mass is 16.5. The lowest BCUT2D eigenvalue weighted by molar-refractivity contribution is -0.150. The Bertz CT molecular complexity index is 343. The molecule has 0 amide bonds. The minimum absolute atomic E-state index is 0.0576. The molecule has 2 atom stereocenters. The van der Waals surface area contributed by atoms with Crippen molar-refractivity contribution in [3.8, 4) is 0 Å². The van der Waals surface area contributed by atoms with Crippen LogP contribution in [0.4, 0.5) is 0 Å². The third kappa shape index (κ3) is 3.88. The van der Waals surface area contributed by atoms with E-state index in [-0.39, 0.29) is 18.0 Å². The van der Waals surface area contributed by atoms with Crippen LogP contribution in [0.3, 0.4) is 0 Å². The Morgan fingerprint density at radius 3 is 2.24 bits per heavy atom. The third-order valence-corrected chi connectivity index (χ3v) is 2.98. The van der Waals surface area contributed by atoms with E-state index in [4.69, 9.17) is 4.74 Å². The van der Waals surface area contributed by atoms with Crippen molar-refractivity contribution in [3.63, 3.8) is 0 Å². The van der Waals surface area contributed by atoms with E-state index < -0.39 is 0 Å². The summed E-state index contributed by atoms with van der Waals surface area (Å²) in [6, 6.07) is 9.89.